The van der Waals surface area contributed by atoms with Crippen LogP contribution in [0.1, 0.15) is 46.3 Å². The molecule has 0 aliphatic carbocycles. The fourth-order valence-corrected chi connectivity index (χ4v) is 4.93. The van der Waals surface area contributed by atoms with Gasteiger partial charge in [0.15, 0.2) is 5.13 Å². The molecule has 0 fully saturated rings. The van der Waals surface area contributed by atoms with Crippen LogP contribution >= 0.6 is 22.7 Å². The van der Waals surface area contributed by atoms with Crippen LogP contribution in [0, 0.1) is 6.92 Å². The van der Waals surface area contributed by atoms with Gasteiger partial charge in [0.2, 0.25) is 0 Å². The van der Waals surface area contributed by atoms with Crippen LogP contribution in [-0.2, 0) is 6.54 Å². The first-order valence-corrected chi connectivity index (χ1v) is 10.9. The zero-order chi connectivity index (χ0) is 20.5. The molecule has 4 aromatic rings. The van der Waals surface area contributed by atoms with E-state index in [9.17, 15) is 9.59 Å². The van der Waals surface area contributed by atoms with Gasteiger partial charge in [-0.1, -0.05) is 44.2 Å². The minimum atomic E-state index is -0.260. The van der Waals surface area contributed by atoms with E-state index in [0.717, 1.165) is 11.3 Å². The zero-order valence-corrected chi connectivity index (χ0v) is 17.9. The minimum absolute atomic E-state index is 0.136. The lowest BCUT2D eigenvalue weighted by Gasteiger charge is -2.05. The smallest absolute Gasteiger partial charge is 0.267 e. The summed E-state index contributed by atoms with van der Waals surface area (Å²) >= 11 is 2.63. The topological polar surface area (TPSA) is 76.9 Å². The molecule has 0 aliphatic rings. The van der Waals surface area contributed by atoms with Crippen LogP contribution in [0.5, 0.6) is 0 Å². The number of benzene rings is 1. The van der Waals surface area contributed by atoms with Gasteiger partial charge in [-0.15, -0.1) is 22.7 Å². The van der Waals surface area contributed by atoms with Crippen LogP contribution in [0.2, 0.25) is 0 Å². The molecule has 8 heteroatoms. The number of aromatic nitrogens is 3. The number of hydrogen-bond donors (Lipinski definition) is 1. The molecule has 3 aromatic heterocycles. The van der Waals surface area contributed by atoms with E-state index in [0.29, 0.717) is 38.3 Å². The highest BCUT2D eigenvalue weighted by atomic mass is 32.1. The number of rotatable bonds is 5. The summed E-state index contributed by atoms with van der Waals surface area (Å²) in [4.78, 5) is 35.7. The lowest BCUT2D eigenvalue weighted by Crippen LogP contribution is -2.21. The van der Waals surface area contributed by atoms with Crippen LogP contribution in [0.4, 0.5) is 5.13 Å². The summed E-state index contributed by atoms with van der Waals surface area (Å²) in [6, 6.07) is 9.75. The van der Waals surface area contributed by atoms with Gasteiger partial charge in [-0.2, -0.15) is 0 Å². The van der Waals surface area contributed by atoms with Crippen LogP contribution < -0.4 is 10.9 Å². The Morgan fingerprint density at radius 2 is 2.00 bits per heavy atom. The molecule has 1 aromatic carbocycles. The summed E-state index contributed by atoms with van der Waals surface area (Å²) in [6.07, 6.45) is 1.55. The molecule has 0 spiro atoms. The summed E-state index contributed by atoms with van der Waals surface area (Å²) in [5, 5.41) is 5.86. The second-order valence-electron chi connectivity index (χ2n) is 7.09. The van der Waals surface area contributed by atoms with Gasteiger partial charge in [0.25, 0.3) is 11.5 Å². The maximum absolute atomic E-state index is 13.0. The highest BCUT2D eigenvalue weighted by molar-refractivity contribution is 7.21. The van der Waals surface area contributed by atoms with Gasteiger partial charge in [-0.25, -0.2) is 9.97 Å². The fourth-order valence-electron chi connectivity index (χ4n) is 3.03. The molecule has 0 radical (unpaired) electrons. The number of carbonyl (C=O) groups excluding carboxylic acids is 1. The van der Waals surface area contributed by atoms with Crippen molar-refractivity contribution in [3.05, 3.63) is 74.1 Å². The Kier molecular flexibility index (Phi) is 5.29. The van der Waals surface area contributed by atoms with Gasteiger partial charge in [-0.3, -0.25) is 19.5 Å². The monoisotopic (exact) mass is 424 g/mol. The first kappa shape index (κ1) is 19.5. The molecule has 29 heavy (non-hydrogen) atoms. The Morgan fingerprint density at radius 3 is 2.69 bits per heavy atom. The van der Waals surface area contributed by atoms with Crippen LogP contribution in [0.25, 0.3) is 10.2 Å². The SMILES string of the molecule is Cc1c(C(=O)Nc2nc(C(C)C)cs2)sc2ncn(Cc3ccccc3)c(=O)c12. The number of thiophene rings is 1. The number of thiazole rings is 1. The molecule has 0 aliphatic heterocycles. The summed E-state index contributed by atoms with van der Waals surface area (Å²) in [7, 11) is 0. The molecule has 6 nitrogen and oxygen atoms in total. The van der Waals surface area contributed by atoms with Crippen molar-refractivity contribution in [2.24, 2.45) is 0 Å². The molecular formula is C21H20N4O2S2. The lowest BCUT2D eigenvalue weighted by atomic mass is 10.2. The van der Waals surface area contributed by atoms with Crippen molar-refractivity contribution in [3.8, 4) is 0 Å². The summed E-state index contributed by atoms with van der Waals surface area (Å²) in [5.41, 5.74) is 2.49. The highest BCUT2D eigenvalue weighted by Gasteiger charge is 2.20. The molecule has 148 valence electrons. The Labute approximate surface area is 175 Å². The van der Waals surface area contributed by atoms with Crippen molar-refractivity contribution in [3.63, 3.8) is 0 Å². The Balaban J connectivity index is 1.65. The normalized spacial score (nSPS) is 11.3. The minimum Gasteiger partial charge on any atom is -0.297 e. The number of nitrogens with zero attached hydrogens (tertiary/aromatic N) is 3. The Hall–Kier alpha value is -2.84. The third kappa shape index (κ3) is 3.86. The van der Waals surface area contributed by atoms with Gasteiger partial charge >= 0.3 is 0 Å². The van der Waals surface area contributed by atoms with E-state index in [1.165, 1.54) is 22.7 Å². The number of nitrogens with one attached hydrogen (secondary N) is 1. The Bertz CT molecular complexity index is 1240. The van der Waals surface area contributed by atoms with Crippen LogP contribution in [0.15, 0.2) is 46.8 Å². The van der Waals surface area contributed by atoms with Crippen LogP contribution in [-0.4, -0.2) is 20.4 Å². The lowest BCUT2D eigenvalue weighted by molar-refractivity contribution is 0.103. The standard InChI is InChI=1S/C21H20N4O2S2/c1-12(2)15-10-28-21(23-15)24-18(26)17-13(3)16-19(29-17)22-11-25(20(16)27)9-14-7-5-4-6-8-14/h4-8,10-12H,9H2,1-3H3,(H,23,24,26). The molecule has 0 atom stereocenters. The van der Waals surface area contributed by atoms with Crippen molar-refractivity contribution >= 4 is 43.9 Å². The van der Waals surface area contributed by atoms with Crippen molar-refractivity contribution in [1.82, 2.24) is 14.5 Å². The molecular weight excluding hydrogens is 404 g/mol. The molecule has 0 bridgehead atoms. The highest BCUT2D eigenvalue weighted by Crippen LogP contribution is 2.28. The fraction of sp³-hybridized carbons (Fsp3) is 0.238. The largest absolute Gasteiger partial charge is 0.297 e. The van der Waals surface area contributed by atoms with Crippen molar-refractivity contribution in [2.75, 3.05) is 5.32 Å². The van der Waals surface area contributed by atoms with E-state index in [1.54, 1.807) is 17.8 Å². The molecule has 1 amide bonds. The average Bonchev–Trinajstić information content (AvgIpc) is 3.30. The number of carbonyl (C=O) groups is 1. The molecule has 0 saturated carbocycles. The summed E-state index contributed by atoms with van der Waals surface area (Å²) in [6.45, 7) is 6.35. The van der Waals surface area contributed by atoms with E-state index in [1.807, 2.05) is 35.7 Å². The predicted octanol–water partition coefficient (Wildman–Crippen LogP) is 4.65. The van der Waals surface area contributed by atoms with E-state index in [2.05, 4.69) is 29.1 Å². The third-order valence-corrected chi connectivity index (χ3v) is 6.63. The first-order valence-electron chi connectivity index (χ1n) is 9.23. The first-order chi connectivity index (χ1) is 13.9. The number of fused-ring (bicyclic) bond motifs is 1. The van der Waals surface area contributed by atoms with Crippen molar-refractivity contribution < 1.29 is 4.79 Å². The molecule has 4 rings (SSSR count). The predicted molar refractivity (Wildman–Crippen MR) is 118 cm³/mol. The number of hydrogen-bond acceptors (Lipinski definition) is 6. The summed E-state index contributed by atoms with van der Waals surface area (Å²) in [5.74, 6) is 0.0411. The number of amides is 1. The van der Waals surface area contributed by atoms with Gasteiger partial charge in [0.05, 0.1) is 28.8 Å². The van der Waals surface area contributed by atoms with Crippen LogP contribution in [0.3, 0.4) is 0 Å². The molecule has 0 unspecified atom stereocenters. The van der Waals surface area contributed by atoms with Gasteiger partial charge in [-0.05, 0) is 24.0 Å². The van der Waals surface area contributed by atoms with E-state index in [-0.39, 0.29) is 11.5 Å². The molecule has 3 heterocycles. The third-order valence-electron chi connectivity index (χ3n) is 4.65. The van der Waals surface area contributed by atoms with Gasteiger partial charge < -0.3 is 0 Å². The molecule has 1 N–H and O–H groups in total. The van der Waals surface area contributed by atoms with E-state index >= 15 is 0 Å². The maximum atomic E-state index is 13.0. The van der Waals surface area contributed by atoms with Crippen molar-refractivity contribution in [2.45, 2.75) is 33.2 Å². The number of anilines is 1. The maximum Gasteiger partial charge on any atom is 0.267 e. The average molecular weight is 425 g/mol. The van der Waals surface area contributed by atoms with Crippen molar-refractivity contribution in [1.29, 1.82) is 0 Å². The van der Waals surface area contributed by atoms with Gasteiger partial charge in [0, 0.05) is 5.38 Å². The number of aryl methyl sites for hydroxylation is 1. The van der Waals surface area contributed by atoms with E-state index < -0.39 is 0 Å². The van der Waals surface area contributed by atoms with E-state index in [4.69, 9.17) is 0 Å². The zero-order valence-electron chi connectivity index (χ0n) is 16.3. The second-order valence-corrected chi connectivity index (χ2v) is 8.94. The Morgan fingerprint density at radius 1 is 1.24 bits per heavy atom. The quantitative estimate of drug-likeness (QED) is 0.506. The molecule has 0 saturated heterocycles. The summed E-state index contributed by atoms with van der Waals surface area (Å²) < 4.78 is 1.58. The van der Waals surface area contributed by atoms with Gasteiger partial charge in [0.1, 0.15) is 4.83 Å². The second kappa shape index (κ2) is 7.88.